The number of nitrogens with zero attached hydrogens (tertiary/aromatic N) is 2. The van der Waals surface area contributed by atoms with Crippen molar-refractivity contribution in [2.75, 3.05) is 5.32 Å². The van der Waals surface area contributed by atoms with Crippen molar-refractivity contribution in [1.82, 2.24) is 9.78 Å². The van der Waals surface area contributed by atoms with Gasteiger partial charge in [0.15, 0.2) is 0 Å². The summed E-state index contributed by atoms with van der Waals surface area (Å²) in [4.78, 5) is 23.2. The third-order valence-electron chi connectivity index (χ3n) is 2.54. The van der Waals surface area contributed by atoms with Crippen LogP contribution in [-0.4, -0.2) is 26.8 Å². The van der Waals surface area contributed by atoms with Crippen LogP contribution >= 0.6 is 15.9 Å². The van der Waals surface area contributed by atoms with E-state index in [9.17, 15) is 9.59 Å². The molecule has 2 aromatic rings. The minimum absolute atomic E-state index is 0.0184. The summed E-state index contributed by atoms with van der Waals surface area (Å²) in [6, 6.07) is 6.22. The molecule has 1 heterocycles. The molecule has 7 heteroatoms. The van der Waals surface area contributed by atoms with Gasteiger partial charge in [0, 0.05) is 17.7 Å². The van der Waals surface area contributed by atoms with Crippen LogP contribution in [-0.2, 0) is 7.05 Å². The van der Waals surface area contributed by atoms with Gasteiger partial charge in [-0.1, -0.05) is 6.07 Å². The number of carboxylic acids is 1. The average Bonchev–Trinajstić information content (AvgIpc) is 2.77. The van der Waals surface area contributed by atoms with Crippen LogP contribution in [0.2, 0.25) is 0 Å². The smallest absolute Gasteiger partial charge is 0.337 e. The van der Waals surface area contributed by atoms with Gasteiger partial charge in [0.2, 0.25) is 0 Å². The van der Waals surface area contributed by atoms with E-state index >= 15 is 0 Å². The van der Waals surface area contributed by atoms with Crippen molar-refractivity contribution >= 4 is 33.5 Å². The Morgan fingerprint density at radius 1 is 1.37 bits per heavy atom. The zero-order chi connectivity index (χ0) is 14.0. The normalized spacial score (nSPS) is 10.2. The van der Waals surface area contributed by atoms with Crippen molar-refractivity contribution < 1.29 is 14.7 Å². The van der Waals surface area contributed by atoms with Gasteiger partial charge < -0.3 is 10.4 Å². The Bertz CT molecular complexity index is 651. The first-order chi connectivity index (χ1) is 9.00. The Hall–Kier alpha value is -2.15. The lowest BCUT2D eigenvalue weighted by atomic mass is 10.1. The number of carbonyl (C=O) groups excluding carboxylic acids is 1. The molecular weight excluding hydrogens is 314 g/mol. The maximum absolute atomic E-state index is 12.0. The van der Waals surface area contributed by atoms with E-state index in [-0.39, 0.29) is 11.3 Å². The molecule has 0 bridgehead atoms. The van der Waals surface area contributed by atoms with Gasteiger partial charge in [-0.2, -0.15) is 5.10 Å². The van der Waals surface area contributed by atoms with Gasteiger partial charge in [-0.05, 0) is 34.1 Å². The second-order valence-corrected chi connectivity index (χ2v) is 4.62. The van der Waals surface area contributed by atoms with E-state index < -0.39 is 11.9 Å². The summed E-state index contributed by atoms with van der Waals surface area (Å²) in [5.41, 5.74) is 0.582. The Labute approximate surface area is 117 Å². The van der Waals surface area contributed by atoms with E-state index in [2.05, 4.69) is 26.3 Å². The van der Waals surface area contributed by atoms with E-state index in [4.69, 9.17) is 5.11 Å². The first-order valence-electron chi connectivity index (χ1n) is 5.32. The molecule has 0 aliphatic carbocycles. The number of aryl methyl sites for hydroxylation is 1. The molecule has 1 aromatic carbocycles. The van der Waals surface area contributed by atoms with Crippen LogP contribution in [0.25, 0.3) is 0 Å². The number of rotatable bonds is 3. The van der Waals surface area contributed by atoms with Crippen LogP contribution in [0.4, 0.5) is 5.69 Å². The fraction of sp³-hybridized carbons (Fsp3) is 0.0833. The van der Waals surface area contributed by atoms with Crippen molar-refractivity contribution in [1.29, 1.82) is 0 Å². The lowest BCUT2D eigenvalue weighted by Gasteiger charge is -2.10. The standard InChI is InChI=1S/C12H10BrN3O3/c1-16-9(5-6-14-16)11(17)15-10-7(12(18)19)3-2-4-8(10)13/h2-6H,1H3,(H,15,17)(H,18,19). The predicted molar refractivity (Wildman–Crippen MR) is 72.3 cm³/mol. The number of aromatic nitrogens is 2. The molecule has 19 heavy (non-hydrogen) atoms. The lowest BCUT2D eigenvalue weighted by molar-refractivity contribution is 0.0698. The first-order valence-corrected chi connectivity index (χ1v) is 6.11. The maximum Gasteiger partial charge on any atom is 0.337 e. The largest absolute Gasteiger partial charge is 0.478 e. The summed E-state index contributed by atoms with van der Waals surface area (Å²) >= 11 is 3.23. The van der Waals surface area contributed by atoms with Gasteiger partial charge >= 0.3 is 5.97 Å². The summed E-state index contributed by atoms with van der Waals surface area (Å²) in [6.45, 7) is 0. The van der Waals surface area contributed by atoms with Gasteiger partial charge in [0.05, 0.1) is 11.3 Å². The number of para-hydroxylation sites is 1. The van der Waals surface area contributed by atoms with E-state index in [0.717, 1.165) is 0 Å². The quantitative estimate of drug-likeness (QED) is 0.906. The van der Waals surface area contributed by atoms with E-state index in [1.807, 2.05) is 0 Å². The fourth-order valence-corrected chi connectivity index (χ4v) is 2.07. The molecule has 0 aliphatic rings. The lowest BCUT2D eigenvalue weighted by Crippen LogP contribution is -2.18. The molecule has 0 unspecified atom stereocenters. The van der Waals surface area contributed by atoms with E-state index in [1.54, 1.807) is 25.2 Å². The minimum Gasteiger partial charge on any atom is -0.478 e. The summed E-state index contributed by atoms with van der Waals surface area (Å²) in [5, 5.41) is 15.6. The zero-order valence-corrected chi connectivity index (χ0v) is 11.5. The van der Waals surface area contributed by atoms with E-state index in [0.29, 0.717) is 10.2 Å². The van der Waals surface area contributed by atoms with Crippen molar-refractivity contribution in [3.8, 4) is 0 Å². The summed E-state index contributed by atoms with van der Waals surface area (Å²) in [5.74, 6) is -1.53. The fourth-order valence-electron chi connectivity index (χ4n) is 1.60. The molecule has 0 aliphatic heterocycles. The molecule has 0 saturated carbocycles. The average molecular weight is 324 g/mol. The van der Waals surface area contributed by atoms with Crippen LogP contribution in [0.15, 0.2) is 34.9 Å². The number of carbonyl (C=O) groups is 2. The molecular formula is C12H10BrN3O3. The highest BCUT2D eigenvalue weighted by atomic mass is 79.9. The number of anilines is 1. The van der Waals surface area contributed by atoms with Gasteiger partial charge in [0.1, 0.15) is 5.69 Å². The molecule has 0 radical (unpaired) electrons. The third-order valence-corrected chi connectivity index (χ3v) is 3.20. The Kier molecular flexibility index (Phi) is 3.66. The summed E-state index contributed by atoms with van der Waals surface area (Å²) in [6.07, 6.45) is 1.49. The van der Waals surface area contributed by atoms with Crippen LogP contribution in [0, 0.1) is 0 Å². The Morgan fingerprint density at radius 3 is 2.68 bits per heavy atom. The van der Waals surface area contributed by atoms with Gasteiger partial charge in [-0.15, -0.1) is 0 Å². The number of benzene rings is 1. The number of hydrogen-bond acceptors (Lipinski definition) is 3. The number of aromatic carboxylic acids is 1. The van der Waals surface area contributed by atoms with Gasteiger partial charge in [-0.3, -0.25) is 9.48 Å². The highest BCUT2D eigenvalue weighted by Crippen LogP contribution is 2.27. The second-order valence-electron chi connectivity index (χ2n) is 3.76. The molecule has 6 nitrogen and oxygen atoms in total. The van der Waals surface area contributed by atoms with Gasteiger partial charge in [0.25, 0.3) is 5.91 Å². The van der Waals surface area contributed by atoms with Crippen LogP contribution < -0.4 is 5.32 Å². The number of hydrogen-bond donors (Lipinski definition) is 2. The Morgan fingerprint density at radius 2 is 2.11 bits per heavy atom. The molecule has 1 aromatic heterocycles. The first kappa shape index (κ1) is 13.3. The highest BCUT2D eigenvalue weighted by molar-refractivity contribution is 9.10. The molecule has 0 fully saturated rings. The molecule has 0 spiro atoms. The van der Waals surface area contributed by atoms with Crippen LogP contribution in [0.5, 0.6) is 0 Å². The van der Waals surface area contributed by atoms with Crippen LogP contribution in [0.3, 0.4) is 0 Å². The number of carboxylic acid groups (broad SMARTS) is 1. The number of nitrogens with one attached hydrogen (secondary N) is 1. The number of halogens is 1. The highest BCUT2D eigenvalue weighted by Gasteiger charge is 2.17. The third kappa shape index (κ3) is 2.65. The molecule has 98 valence electrons. The minimum atomic E-state index is -1.11. The predicted octanol–water partition coefficient (Wildman–Crippen LogP) is 2.13. The van der Waals surface area contributed by atoms with E-state index in [1.165, 1.54) is 16.9 Å². The zero-order valence-electron chi connectivity index (χ0n) is 9.92. The molecule has 0 atom stereocenters. The van der Waals surface area contributed by atoms with Crippen molar-refractivity contribution in [2.45, 2.75) is 0 Å². The maximum atomic E-state index is 12.0. The summed E-state index contributed by atoms with van der Waals surface area (Å²) in [7, 11) is 1.63. The second kappa shape index (κ2) is 5.23. The Balaban J connectivity index is 2.36. The number of amides is 1. The van der Waals surface area contributed by atoms with Crippen molar-refractivity contribution in [3.63, 3.8) is 0 Å². The van der Waals surface area contributed by atoms with Gasteiger partial charge in [-0.25, -0.2) is 4.79 Å². The summed E-state index contributed by atoms with van der Waals surface area (Å²) < 4.78 is 1.91. The van der Waals surface area contributed by atoms with Crippen molar-refractivity contribution in [2.24, 2.45) is 7.05 Å². The van der Waals surface area contributed by atoms with Crippen LogP contribution in [0.1, 0.15) is 20.8 Å². The molecule has 2 N–H and O–H groups in total. The SMILES string of the molecule is Cn1nccc1C(=O)Nc1c(Br)cccc1C(=O)O. The molecule has 1 amide bonds. The monoisotopic (exact) mass is 323 g/mol. The molecule has 0 saturated heterocycles. The molecule has 2 rings (SSSR count). The van der Waals surface area contributed by atoms with Crippen molar-refractivity contribution in [3.05, 3.63) is 46.2 Å². The topological polar surface area (TPSA) is 84.2 Å².